The van der Waals surface area contributed by atoms with Crippen LogP contribution < -0.4 is 4.90 Å². The molecule has 0 atom stereocenters. The lowest BCUT2D eigenvalue weighted by Crippen LogP contribution is -2.48. The molecule has 1 aromatic rings. The number of nitrogens with zero attached hydrogens (tertiary/aromatic N) is 4. The molecule has 0 unspecified atom stereocenters. The molecule has 0 radical (unpaired) electrons. The third-order valence-corrected chi connectivity index (χ3v) is 2.50. The molecule has 1 rings (SSSR count). The molecular formula is C9H12N4O4. The SMILES string of the molecule is CN(c1ncc([N+](=O)[O-])cn1)C(C)(C)C(=O)O. The van der Waals surface area contributed by atoms with Crippen LogP contribution in [0.15, 0.2) is 12.4 Å². The van der Waals surface area contributed by atoms with Gasteiger partial charge in [0.2, 0.25) is 5.95 Å². The summed E-state index contributed by atoms with van der Waals surface area (Å²) in [6.45, 7) is 2.97. The van der Waals surface area contributed by atoms with Gasteiger partial charge in [0.1, 0.15) is 17.9 Å². The van der Waals surface area contributed by atoms with Crippen molar-refractivity contribution in [3.8, 4) is 0 Å². The van der Waals surface area contributed by atoms with Gasteiger partial charge in [0.15, 0.2) is 0 Å². The highest BCUT2D eigenvalue weighted by Gasteiger charge is 2.33. The molecular weight excluding hydrogens is 228 g/mol. The summed E-state index contributed by atoms with van der Waals surface area (Å²) < 4.78 is 0. The van der Waals surface area contributed by atoms with E-state index in [4.69, 9.17) is 5.11 Å². The molecule has 1 aromatic heterocycles. The zero-order valence-electron chi connectivity index (χ0n) is 9.62. The molecule has 0 amide bonds. The molecule has 0 spiro atoms. The van der Waals surface area contributed by atoms with Crippen LogP contribution in [0, 0.1) is 10.1 Å². The van der Waals surface area contributed by atoms with Crippen LogP contribution >= 0.6 is 0 Å². The first-order valence-electron chi connectivity index (χ1n) is 4.70. The summed E-state index contributed by atoms with van der Waals surface area (Å²) in [4.78, 5) is 29.6. The summed E-state index contributed by atoms with van der Waals surface area (Å²) in [5.74, 6) is -0.926. The minimum Gasteiger partial charge on any atom is -0.480 e. The van der Waals surface area contributed by atoms with E-state index in [-0.39, 0.29) is 11.6 Å². The molecule has 1 N–H and O–H groups in total. The third kappa shape index (κ3) is 2.47. The molecule has 8 nitrogen and oxygen atoms in total. The number of rotatable bonds is 4. The second kappa shape index (κ2) is 4.32. The highest BCUT2D eigenvalue weighted by atomic mass is 16.6. The summed E-state index contributed by atoms with van der Waals surface area (Å²) in [6, 6.07) is 0. The van der Waals surface area contributed by atoms with Crippen LogP contribution in [0.4, 0.5) is 11.6 Å². The second-order valence-electron chi connectivity index (χ2n) is 3.92. The molecule has 0 bridgehead atoms. The van der Waals surface area contributed by atoms with Gasteiger partial charge >= 0.3 is 11.7 Å². The van der Waals surface area contributed by atoms with Gasteiger partial charge in [-0.2, -0.15) is 0 Å². The molecule has 0 fully saturated rings. The summed E-state index contributed by atoms with van der Waals surface area (Å²) in [5, 5.41) is 19.4. The zero-order chi connectivity index (χ0) is 13.2. The number of carboxylic acid groups (broad SMARTS) is 1. The fourth-order valence-corrected chi connectivity index (χ4v) is 0.975. The van der Waals surface area contributed by atoms with Crippen molar-refractivity contribution in [3.05, 3.63) is 22.5 Å². The van der Waals surface area contributed by atoms with E-state index in [2.05, 4.69) is 9.97 Å². The highest BCUT2D eigenvalue weighted by molar-refractivity contribution is 5.81. The number of nitro groups is 1. The lowest BCUT2D eigenvalue weighted by Gasteiger charge is -2.31. The third-order valence-electron chi connectivity index (χ3n) is 2.50. The monoisotopic (exact) mass is 240 g/mol. The van der Waals surface area contributed by atoms with E-state index in [1.54, 1.807) is 0 Å². The van der Waals surface area contributed by atoms with E-state index in [0.717, 1.165) is 12.4 Å². The van der Waals surface area contributed by atoms with E-state index >= 15 is 0 Å². The maximum Gasteiger partial charge on any atom is 0.329 e. The number of carboxylic acids is 1. The fourth-order valence-electron chi connectivity index (χ4n) is 0.975. The van der Waals surface area contributed by atoms with Gasteiger partial charge in [-0.05, 0) is 13.8 Å². The topological polar surface area (TPSA) is 109 Å². The Balaban J connectivity index is 3.02. The average molecular weight is 240 g/mol. The maximum absolute atomic E-state index is 11.0. The summed E-state index contributed by atoms with van der Waals surface area (Å²) >= 11 is 0. The van der Waals surface area contributed by atoms with Crippen LogP contribution in [-0.2, 0) is 4.79 Å². The van der Waals surface area contributed by atoms with E-state index < -0.39 is 16.4 Å². The van der Waals surface area contributed by atoms with Crippen molar-refractivity contribution in [2.45, 2.75) is 19.4 Å². The molecule has 92 valence electrons. The number of hydrogen-bond donors (Lipinski definition) is 1. The van der Waals surface area contributed by atoms with E-state index in [1.807, 2.05) is 0 Å². The van der Waals surface area contributed by atoms with Crippen molar-refractivity contribution in [1.82, 2.24) is 9.97 Å². The Kier molecular flexibility index (Phi) is 3.26. The van der Waals surface area contributed by atoms with Gasteiger partial charge in [0.25, 0.3) is 0 Å². The van der Waals surface area contributed by atoms with Gasteiger partial charge in [-0.25, -0.2) is 14.8 Å². The molecule has 0 aliphatic heterocycles. The Hall–Kier alpha value is -2.25. The number of likely N-dealkylation sites (N-methyl/N-ethyl adjacent to an activating group) is 1. The van der Waals surface area contributed by atoms with Crippen LogP contribution in [-0.4, -0.2) is 38.6 Å². The van der Waals surface area contributed by atoms with Gasteiger partial charge < -0.3 is 10.0 Å². The largest absolute Gasteiger partial charge is 0.480 e. The van der Waals surface area contributed by atoms with Crippen molar-refractivity contribution in [3.63, 3.8) is 0 Å². The normalized spacial score (nSPS) is 11.0. The first kappa shape index (κ1) is 12.8. The molecule has 8 heteroatoms. The summed E-state index contributed by atoms with van der Waals surface area (Å²) in [5.41, 5.74) is -1.44. The van der Waals surface area contributed by atoms with Gasteiger partial charge in [-0.1, -0.05) is 0 Å². The Labute approximate surface area is 97.1 Å². The number of carbonyl (C=O) groups is 1. The van der Waals surface area contributed by atoms with Crippen molar-refractivity contribution in [1.29, 1.82) is 0 Å². The molecule has 17 heavy (non-hydrogen) atoms. The van der Waals surface area contributed by atoms with Crippen molar-refractivity contribution >= 4 is 17.6 Å². The fraction of sp³-hybridized carbons (Fsp3) is 0.444. The van der Waals surface area contributed by atoms with Crippen molar-refractivity contribution in [2.75, 3.05) is 11.9 Å². The minimum absolute atomic E-state index is 0.114. The van der Waals surface area contributed by atoms with Gasteiger partial charge in [-0.15, -0.1) is 0 Å². The van der Waals surface area contributed by atoms with Gasteiger partial charge in [-0.3, -0.25) is 10.1 Å². The molecule has 0 saturated heterocycles. The van der Waals surface area contributed by atoms with E-state index in [1.165, 1.54) is 25.8 Å². The zero-order valence-corrected chi connectivity index (χ0v) is 9.62. The number of hydrogen-bond acceptors (Lipinski definition) is 6. The van der Waals surface area contributed by atoms with Crippen LogP contribution in [0.1, 0.15) is 13.8 Å². The van der Waals surface area contributed by atoms with Crippen molar-refractivity contribution < 1.29 is 14.8 Å². The predicted octanol–water partition coefficient (Wildman–Crippen LogP) is 0.684. The van der Waals surface area contributed by atoms with Gasteiger partial charge in [0, 0.05) is 7.05 Å². The Morgan fingerprint density at radius 3 is 2.29 bits per heavy atom. The predicted molar refractivity (Wildman–Crippen MR) is 58.8 cm³/mol. The first-order chi connectivity index (χ1) is 7.76. The minimum atomic E-state index is -1.20. The van der Waals surface area contributed by atoms with Crippen LogP contribution in [0.5, 0.6) is 0 Å². The quantitative estimate of drug-likeness (QED) is 0.608. The van der Waals surface area contributed by atoms with Crippen LogP contribution in [0.25, 0.3) is 0 Å². The van der Waals surface area contributed by atoms with Crippen LogP contribution in [0.2, 0.25) is 0 Å². The second-order valence-corrected chi connectivity index (χ2v) is 3.92. The van der Waals surface area contributed by atoms with E-state index in [0.29, 0.717) is 0 Å². The molecule has 0 saturated carbocycles. The van der Waals surface area contributed by atoms with Crippen molar-refractivity contribution in [2.24, 2.45) is 0 Å². The smallest absolute Gasteiger partial charge is 0.329 e. The molecule has 0 aliphatic carbocycles. The first-order valence-corrected chi connectivity index (χ1v) is 4.70. The van der Waals surface area contributed by atoms with Crippen LogP contribution in [0.3, 0.4) is 0 Å². The molecule has 1 heterocycles. The maximum atomic E-state index is 11.0. The summed E-state index contributed by atoms with van der Waals surface area (Å²) in [6.07, 6.45) is 2.08. The lowest BCUT2D eigenvalue weighted by molar-refractivity contribution is -0.385. The molecule has 0 aromatic carbocycles. The highest BCUT2D eigenvalue weighted by Crippen LogP contribution is 2.19. The number of aromatic nitrogens is 2. The van der Waals surface area contributed by atoms with Gasteiger partial charge in [0.05, 0.1) is 4.92 Å². The Morgan fingerprint density at radius 1 is 1.47 bits per heavy atom. The molecule has 0 aliphatic rings. The Morgan fingerprint density at radius 2 is 1.94 bits per heavy atom. The van der Waals surface area contributed by atoms with E-state index in [9.17, 15) is 14.9 Å². The number of anilines is 1. The number of aliphatic carboxylic acids is 1. The summed E-state index contributed by atoms with van der Waals surface area (Å²) in [7, 11) is 1.51. The standard InChI is InChI=1S/C9H12N4O4/c1-9(2,7(14)15)12(3)8-10-4-6(5-11-8)13(16)17/h4-5H,1-3H3,(H,14,15). The Bertz CT molecular complexity index is 443. The lowest BCUT2D eigenvalue weighted by atomic mass is 10.1. The average Bonchev–Trinajstić information content (AvgIpc) is 2.27.